The number of rotatable bonds is 9. The largest absolute Gasteiger partial charge is 0.461 e. The number of amides is 1. The molecule has 2 aromatic carbocycles. The van der Waals surface area contributed by atoms with Crippen molar-refractivity contribution in [3.05, 3.63) is 70.3 Å². The average Bonchev–Trinajstić information content (AvgIpc) is 3.63. The molecule has 274 valence electrons. The molecule has 5 aromatic rings. The molecule has 10 nitrogen and oxygen atoms in total. The molecule has 4 fully saturated rings. The van der Waals surface area contributed by atoms with Gasteiger partial charge in [-0.25, -0.2) is 18.2 Å². The fraction of sp³-hybridized carbons (Fsp3) is 0.421. The SMILES string of the molecule is CN(c1nc(OC[C@@]23CCCN2C[C@H](F)C3)nc2c(F)c(-c3cccc4cccc(Cl)c34)ncc12)[C@@H]1CCN(C(=O)/C=C/c2nc([C@H]3C[C@@H]3F)ns2)C1. The van der Waals surface area contributed by atoms with Gasteiger partial charge in [-0.15, -0.1) is 0 Å². The Bertz CT molecular complexity index is 2270. The van der Waals surface area contributed by atoms with E-state index in [9.17, 15) is 13.6 Å². The van der Waals surface area contributed by atoms with Crippen molar-refractivity contribution >= 4 is 62.6 Å². The summed E-state index contributed by atoms with van der Waals surface area (Å²) in [6.07, 6.45) is 6.05. The number of hydrogen-bond acceptors (Lipinski definition) is 10. The van der Waals surface area contributed by atoms with Gasteiger partial charge in [0.1, 0.15) is 46.8 Å². The Morgan fingerprint density at radius 3 is 2.81 bits per heavy atom. The molecule has 53 heavy (non-hydrogen) atoms. The second kappa shape index (κ2) is 13.5. The summed E-state index contributed by atoms with van der Waals surface area (Å²) in [7, 11) is 1.86. The highest BCUT2D eigenvalue weighted by molar-refractivity contribution is 7.06. The lowest BCUT2D eigenvalue weighted by atomic mass is 9.95. The van der Waals surface area contributed by atoms with Crippen LogP contribution < -0.4 is 9.64 Å². The van der Waals surface area contributed by atoms with E-state index in [-0.39, 0.29) is 41.7 Å². The van der Waals surface area contributed by atoms with Crippen molar-refractivity contribution in [3.63, 3.8) is 0 Å². The van der Waals surface area contributed by atoms with Gasteiger partial charge in [0.15, 0.2) is 5.82 Å². The van der Waals surface area contributed by atoms with Crippen LogP contribution in [-0.4, -0.2) is 104 Å². The van der Waals surface area contributed by atoms with Crippen molar-refractivity contribution in [2.45, 2.75) is 61.9 Å². The molecule has 0 radical (unpaired) electrons. The number of ether oxygens (including phenoxy) is 1. The number of fused-ring (bicyclic) bond motifs is 3. The fourth-order valence-corrected chi connectivity index (χ4v) is 9.17. The predicted molar refractivity (Wildman–Crippen MR) is 198 cm³/mol. The van der Waals surface area contributed by atoms with Crippen molar-refractivity contribution in [2.75, 3.05) is 44.7 Å². The fourth-order valence-electron chi connectivity index (χ4n) is 8.26. The normalized spacial score (nSPS) is 25.6. The van der Waals surface area contributed by atoms with Crippen molar-refractivity contribution in [2.24, 2.45) is 0 Å². The summed E-state index contributed by atoms with van der Waals surface area (Å²) in [6, 6.07) is 10.9. The molecule has 0 unspecified atom stereocenters. The lowest BCUT2D eigenvalue weighted by Crippen LogP contribution is -2.43. The zero-order valence-corrected chi connectivity index (χ0v) is 30.5. The number of pyridine rings is 1. The number of halogens is 4. The lowest BCUT2D eigenvalue weighted by Gasteiger charge is -2.31. The number of carbonyl (C=O) groups is 1. The van der Waals surface area contributed by atoms with E-state index in [0.717, 1.165) is 36.3 Å². The first-order valence-corrected chi connectivity index (χ1v) is 19.1. The van der Waals surface area contributed by atoms with Crippen LogP contribution >= 0.6 is 23.1 Å². The van der Waals surface area contributed by atoms with Crippen LogP contribution in [0.2, 0.25) is 5.02 Å². The van der Waals surface area contributed by atoms with Gasteiger partial charge in [0.2, 0.25) is 5.91 Å². The maximum absolute atomic E-state index is 16.9. The van der Waals surface area contributed by atoms with Crippen LogP contribution in [0, 0.1) is 5.82 Å². The number of aromatic nitrogens is 5. The Hall–Kier alpha value is -4.40. The molecule has 15 heteroatoms. The molecule has 0 N–H and O–H groups in total. The summed E-state index contributed by atoms with van der Waals surface area (Å²) in [5, 5.41) is 2.95. The zero-order chi connectivity index (χ0) is 36.4. The molecule has 1 amide bonds. The van der Waals surface area contributed by atoms with Gasteiger partial charge in [0, 0.05) is 67.4 Å². The van der Waals surface area contributed by atoms with Crippen molar-refractivity contribution in [3.8, 4) is 17.3 Å². The maximum atomic E-state index is 16.9. The highest BCUT2D eigenvalue weighted by Gasteiger charge is 2.49. The number of hydrogen-bond donors (Lipinski definition) is 0. The third-order valence-electron chi connectivity index (χ3n) is 11.2. The van der Waals surface area contributed by atoms with Crippen molar-refractivity contribution < 1.29 is 22.7 Å². The minimum absolute atomic E-state index is 0.00884. The molecule has 9 rings (SSSR count). The average molecular weight is 761 g/mol. The third kappa shape index (κ3) is 6.27. The summed E-state index contributed by atoms with van der Waals surface area (Å²) >= 11 is 7.77. The highest BCUT2D eigenvalue weighted by Crippen LogP contribution is 2.43. The molecule has 5 atom stereocenters. The maximum Gasteiger partial charge on any atom is 0.319 e. The second-order valence-electron chi connectivity index (χ2n) is 14.5. The first-order chi connectivity index (χ1) is 25.7. The van der Waals surface area contributed by atoms with E-state index >= 15 is 4.39 Å². The van der Waals surface area contributed by atoms with Gasteiger partial charge >= 0.3 is 6.01 Å². The monoisotopic (exact) mass is 760 g/mol. The molecule has 1 saturated carbocycles. The standard InChI is InChI=1S/C38H36ClF3N8O2S/c1-48(23-11-14-49(19-23)30(51)10-9-29-44-35(47-53-29)25-15-28(25)41)36-26-17-43-33(24-7-2-5-21-6-3-8-27(39)31(21)24)32(42)34(26)45-37(46-36)52-20-38-12-4-13-50(38)18-22(40)16-38/h2-3,5-10,17,22-23,25,28H,4,11-16,18-20H2,1H3/b10-9+/t22-,23-,25+,28+,38+/m1/s1. The Kier molecular flexibility index (Phi) is 8.74. The molecule has 0 spiro atoms. The Labute approximate surface area is 312 Å². The molecule has 1 aliphatic carbocycles. The molecule has 4 aliphatic rings. The first kappa shape index (κ1) is 34.4. The number of nitrogens with zero attached hydrogens (tertiary/aromatic N) is 8. The molecule has 0 bridgehead atoms. The van der Waals surface area contributed by atoms with Crippen LogP contribution in [0.1, 0.15) is 48.9 Å². The number of likely N-dealkylation sites (N-methyl/N-ethyl adjacent to an activating group) is 1. The number of alkyl halides is 2. The van der Waals surface area contributed by atoms with Crippen LogP contribution in [0.15, 0.2) is 48.7 Å². The van der Waals surface area contributed by atoms with Gasteiger partial charge in [0.05, 0.1) is 16.8 Å². The van der Waals surface area contributed by atoms with Gasteiger partial charge in [-0.2, -0.15) is 14.3 Å². The van der Waals surface area contributed by atoms with E-state index in [1.807, 2.05) is 36.2 Å². The predicted octanol–water partition coefficient (Wildman–Crippen LogP) is 7.02. The molecule has 3 aromatic heterocycles. The van der Waals surface area contributed by atoms with Gasteiger partial charge in [-0.1, -0.05) is 41.9 Å². The van der Waals surface area contributed by atoms with Crippen molar-refractivity contribution in [1.29, 1.82) is 0 Å². The van der Waals surface area contributed by atoms with Crippen LogP contribution in [0.4, 0.5) is 19.0 Å². The molecule has 3 saturated heterocycles. The number of anilines is 1. The van der Waals surface area contributed by atoms with Gasteiger partial charge in [-0.3, -0.25) is 14.7 Å². The van der Waals surface area contributed by atoms with Crippen LogP contribution in [0.5, 0.6) is 6.01 Å². The summed E-state index contributed by atoms with van der Waals surface area (Å²) in [5.41, 5.74) is 0.220. The van der Waals surface area contributed by atoms with Crippen LogP contribution in [0.3, 0.4) is 0 Å². The van der Waals surface area contributed by atoms with Gasteiger partial charge in [0.25, 0.3) is 0 Å². The zero-order valence-electron chi connectivity index (χ0n) is 28.9. The van der Waals surface area contributed by atoms with E-state index in [1.54, 1.807) is 29.3 Å². The van der Waals surface area contributed by atoms with E-state index < -0.39 is 23.7 Å². The summed E-state index contributed by atoms with van der Waals surface area (Å²) < 4.78 is 55.4. The number of likely N-dealkylation sites (tertiary alicyclic amines) is 1. The summed E-state index contributed by atoms with van der Waals surface area (Å²) in [6.45, 7) is 2.26. The van der Waals surface area contributed by atoms with E-state index in [4.69, 9.17) is 21.3 Å². The van der Waals surface area contributed by atoms with Crippen LogP contribution in [0.25, 0.3) is 39.0 Å². The smallest absolute Gasteiger partial charge is 0.319 e. The minimum atomic E-state index is -0.929. The minimum Gasteiger partial charge on any atom is -0.461 e. The Balaban J connectivity index is 1.03. The van der Waals surface area contributed by atoms with Crippen LogP contribution in [-0.2, 0) is 4.79 Å². The topological polar surface area (TPSA) is 100 Å². The first-order valence-electron chi connectivity index (χ1n) is 17.9. The molecular weight excluding hydrogens is 725 g/mol. The van der Waals surface area contributed by atoms with Gasteiger partial charge < -0.3 is 14.5 Å². The lowest BCUT2D eigenvalue weighted by molar-refractivity contribution is -0.124. The highest BCUT2D eigenvalue weighted by atomic mass is 35.5. The Morgan fingerprint density at radius 2 is 1.98 bits per heavy atom. The third-order valence-corrected chi connectivity index (χ3v) is 12.2. The number of carbonyl (C=O) groups excluding carboxylic acids is 1. The molecular formula is C38H36ClF3N8O2S. The second-order valence-corrected chi connectivity index (χ2v) is 15.7. The molecule has 6 heterocycles. The van der Waals surface area contributed by atoms with Gasteiger partial charge in [-0.05, 0) is 61.3 Å². The molecule has 3 aliphatic heterocycles. The van der Waals surface area contributed by atoms with E-state index in [2.05, 4.69) is 24.2 Å². The number of benzene rings is 2. The van der Waals surface area contributed by atoms with E-state index in [0.29, 0.717) is 76.9 Å². The summed E-state index contributed by atoms with van der Waals surface area (Å²) in [5.74, 6) is -0.154. The van der Waals surface area contributed by atoms with E-state index in [1.165, 1.54) is 6.08 Å². The quantitative estimate of drug-likeness (QED) is 0.147. The van der Waals surface area contributed by atoms with Crippen molar-refractivity contribution in [1.82, 2.24) is 34.1 Å². The Morgan fingerprint density at radius 1 is 1.15 bits per heavy atom. The summed E-state index contributed by atoms with van der Waals surface area (Å²) in [4.78, 5) is 37.4.